The van der Waals surface area contributed by atoms with Crippen LogP contribution in [0.2, 0.25) is 0 Å². The number of aliphatic hydroxyl groups excluding tert-OH is 1. The minimum atomic E-state index is -1.05. The number of hydrogen-bond acceptors (Lipinski definition) is 3. The third-order valence-corrected chi connectivity index (χ3v) is 2.25. The summed E-state index contributed by atoms with van der Waals surface area (Å²) in [4.78, 5) is 23.8. The number of urea groups is 1. The number of likely N-dealkylation sites (N-methyl/N-ethyl adjacent to an activating group) is 1. The summed E-state index contributed by atoms with van der Waals surface area (Å²) >= 11 is 0. The molecule has 2 amide bonds. The van der Waals surface area contributed by atoms with Gasteiger partial charge in [0.2, 0.25) is 0 Å². The van der Waals surface area contributed by atoms with Gasteiger partial charge in [-0.05, 0) is 12.8 Å². The fraction of sp³-hybridized carbons (Fsp3) is 0.800. The first-order chi connectivity index (χ1) is 7.43. The van der Waals surface area contributed by atoms with Crippen LogP contribution in [-0.4, -0.2) is 52.9 Å². The highest BCUT2D eigenvalue weighted by atomic mass is 16.4. The SMILES string of the molecule is CCN(CCO)C(=O)N[C@@H](C(=O)O)C(C)C. The Morgan fingerprint density at radius 1 is 1.38 bits per heavy atom. The molecule has 0 saturated carbocycles. The topological polar surface area (TPSA) is 89.9 Å². The van der Waals surface area contributed by atoms with Crippen molar-refractivity contribution in [2.24, 2.45) is 5.92 Å². The molecule has 0 rings (SSSR count). The lowest BCUT2D eigenvalue weighted by molar-refractivity contribution is -0.140. The van der Waals surface area contributed by atoms with E-state index < -0.39 is 18.0 Å². The molecule has 16 heavy (non-hydrogen) atoms. The van der Waals surface area contributed by atoms with E-state index in [1.54, 1.807) is 20.8 Å². The van der Waals surface area contributed by atoms with Crippen LogP contribution in [0.3, 0.4) is 0 Å². The van der Waals surface area contributed by atoms with Crippen molar-refractivity contribution in [3.63, 3.8) is 0 Å². The van der Waals surface area contributed by atoms with Gasteiger partial charge in [0, 0.05) is 13.1 Å². The molecule has 1 atom stereocenters. The number of hydrogen-bond donors (Lipinski definition) is 3. The fourth-order valence-electron chi connectivity index (χ4n) is 1.26. The molecule has 94 valence electrons. The third-order valence-electron chi connectivity index (χ3n) is 2.25. The van der Waals surface area contributed by atoms with Crippen molar-refractivity contribution in [3.8, 4) is 0 Å². The number of carbonyl (C=O) groups is 2. The second-order valence-electron chi connectivity index (χ2n) is 3.81. The van der Waals surface area contributed by atoms with E-state index in [9.17, 15) is 9.59 Å². The average molecular weight is 232 g/mol. The molecule has 0 aromatic heterocycles. The van der Waals surface area contributed by atoms with Crippen molar-refractivity contribution in [3.05, 3.63) is 0 Å². The van der Waals surface area contributed by atoms with Gasteiger partial charge in [-0.1, -0.05) is 13.8 Å². The number of carboxylic acids is 1. The van der Waals surface area contributed by atoms with Gasteiger partial charge >= 0.3 is 12.0 Å². The summed E-state index contributed by atoms with van der Waals surface area (Å²) in [5.74, 6) is -1.24. The quantitative estimate of drug-likeness (QED) is 0.606. The van der Waals surface area contributed by atoms with Gasteiger partial charge in [0.15, 0.2) is 0 Å². The van der Waals surface area contributed by atoms with E-state index in [1.165, 1.54) is 4.90 Å². The normalized spacial score (nSPS) is 12.3. The maximum atomic E-state index is 11.6. The van der Waals surface area contributed by atoms with Crippen molar-refractivity contribution in [2.45, 2.75) is 26.8 Å². The number of nitrogens with zero attached hydrogens (tertiary/aromatic N) is 1. The zero-order valence-electron chi connectivity index (χ0n) is 9.93. The molecule has 0 heterocycles. The molecule has 6 heteroatoms. The zero-order valence-corrected chi connectivity index (χ0v) is 9.93. The van der Waals surface area contributed by atoms with Crippen LogP contribution in [0.15, 0.2) is 0 Å². The highest BCUT2D eigenvalue weighted by molar-refractivity contribution is 5.82. The molecule has 0 aliphatic heterocycles. The average Bonchev–Trinajstić information content (AvgIpc) is 2.21. The fourth-order valence-corrected chi connectivity index (χ4v) is 1.26. The Bertz CT molecular complexity index is 243. The van der Waals surface area contributed by atoms with Gasteiger partial charge < -0.3 is 20.4 Å². The Morgan fingerprint density at radius 2 is 1.94 bits per heavy atom. The van der Waals surface area contributed by atoms with Crippen LogP contribution in [0.4, 0.5) is 4.79 Å². The van der Waals surface area contributed by atoms with Gasteiger partial charge in [-0.15, -0.1) is 0 Å². The lowest BCUT2D eigenvalue weighted by atomic mass is 10.1. The largest absolute Gasteiger partial charge is 0.480 e. The summed E-state index contributed by atoms with van der Waals surface area (Å²) < 4.78 is 0. The summed E-state index contributed by atoms with van der Waals surface area (Å²) in [6.07, 6.45) is 0. The predicted octanol–water partition coefficient (Wildman–Crippen LogP) is 0.119. The molecule has 0 radical (unpaired) electrons. The lowest BCUT2D eigenvalue weighted by Gasteiger charge is -2.24. The Morgan fingerprint density at radius 3 is 2.25 bits per heavy atom. The molecule has 0 aliphatic carbocycles. The lowest BCUT2D eigenvalue weighted by Crippen LogP contribution is -2.50. The van der Waals surface area contributed by atoms with Crippen molar-refractivity contribution < 1.29 is 19.8 Å². The van der Waals surface area contributed by atoms with E-state index in [2.05, 4.69) is 5.32 Å². The van der Waals surface area contributed by atoms with E-state index >= 15 is 0 Å². The molecule has 0 spiro atoms. The number of carboxylic acid groups (broad SMARTS) is 1. The predicted molar refractivity (Wildman–Crippen MR) is 59.1 cm³/mol. The molecule has 0 fully saturated rings. The second kappa shape index (κ2) is 7.05. The molecule has 0 aliphatic rings. The van der Waals surface area contributed by atoms with Gasteiger partial charge in [0.05, 0.1) is 6.61 Å². The van der Waals surface area contributed by atoms with Crippen molar-refractivity contribution >= 4 is 12.0 Å². The summed E-state index contributed by atoms with van der Waals surface area (Å²) in [6.45, 7) is 5.70. The molecule has 0 bridgehead atoms. The van der Waals surface area contributed by atoms with Crippen LogP contribution >= 0.6 is 0 Å². The molecule has 0 aromatic rings. The highest BCUT2D eigenvalue weighted by Gasteiger charge is 2.25. The maximum absolute atomic E-state index is 11.6. The minimum absolute atomic E-state index is 0.138. The third kappa shape index (κ3) is 4.48. The Kier molecular flexibility index (Phi) is 6.48. The van der Waals surface area contributed by atoms with Gasteiger partial charge in [-0.2, -0.15) is 0 Å². The summed E-state index contributed by atoms with van der Waals surface area (Å²) in [5.41, 5.74) is 0. The number of carbonyl (C=O) groups excluding carboxylic acids is 1. The molecular weight excluding hydrogens is 212 g/mol. The Balaban J connectivity index is 4.43. The molecule has 0 saturated heterocycles. The first-order valence-corrected chi connectivity index (χ1v) is 5.33. The maximum Gasteiger partial charge on any atom is 0.326 e. The Labute approximate surface area is 95.2 Å². The van der Waals surface area contributed by atoms with Crippen molar-refractivity contribution in [2.75, 3.05) is 19.7 Å². The van der Waals surface area contributed by atoms with Crippen molar-refractivity contribution in [1.82, 2.24) is 10.2 Å². The van der Waals surface area contributed by atoms with E-state index in [0.717, 1.165) is 0 Å². The van der Waals surface area contributed by atoms with Crippen LogP contribution in [-0.2, 0) is 4.79 Å². The molecular formula is C10H20N2O4. The first kappa shape index (κ1) is 14.7. The molecule has 0 unspecified atom stereocenters. The Hall–Kier alpha value is -1.30. The number of nitrogens with one attached hydrogen (secondary N) is 1. The second-order valence-corrected chi connectivity index (χ2v) is 3.81. The van der Waals surface area contributed by atoms with Gasteiger partial charge in [0.1, 0.15) is 6.04 Å². The van der Waals surface area contributed by atoms with Gasteiger partial charge in [-0.3, -0.25) is 0 Å². The molecule has 6 nitrogen and oxygen atoms in total. The van der Waals surface area contributed by atoms with Crippen LogP contribution in [0, 0.1) is 5.92 Å². The number of aliphatic carboxylic acids is 1. The summed E-state index contributed by atoms with van der Waals surface area (Å²) in [7, 11) is 0. The number of rotatable bonds is 6. The summed E-state index contributed by atoms with van der Waals surface area (Å²) in [6, 6.07) is -1.36. The highest BCUT2D eigenvalue weighted by Crippen LogP contribution is 2.02. The zero-order chi connectivity index (χ0) is 12.7. The van der Waals surface area contributed by atoms with Crippen LogP contribution in [0.25, 0.3) is 0 Å². The van der Waals surface area contributed by atoms with E-state index in [-0.39, 0.29) is 19.1 Å². The van der Waals surface area contributed by atoms with E-state index in [1.807, 2.05) is 0 Å². The van der Waals surface area contributed by atoms with Crippen LogP contribution in [0.1, 0.15) is 20.8 Å². The van der Waals surface area contributed by atoms with Crippen molar-refractivity contribution in [1.29, 1.82) is 0 Å². The number of amides is 2. The molecule has 0 aromatic carbocycles. The number of aliphatic hydroxyl groups is 1. The van der Waals surface area contributed by atoms with E-state index in [0.29, 0.717) is 6.54 Å². The van der Waals surface area contributed by atoms with Crippen LogP contribution < -0.4 is 5.32 Å². The van der Waals surface area contributed by atoms with Gasteiger partial charge in [-0.25, -0.2) is 9.59 Å². The monoisotopic (exact) mass is 232 g/mol. The van der Waals surface area contributed by atoms with Gasteiger partial charge in [0.25, 0.3) is 0 Å². The first-order valence-electron chi connectivity index (χ1n) is 5.33. The van der Waals surface area contributed by atoms with Crippen LogP contribution in [0.5, 0.6) is 0 Å². The smallest absolute Gasteiger partial charge is 0.326 e. The minimum Gasteiger partial charge on any atom is -0.480 e. The summed E-state index contributed by atoms with van der Waals surface area (Å²) in [5, 5.41) is 20.1. The molecule has 3 N–H and O–H groups in total. The van der Waals surface area contributed by atoms with E-state index in [4.69, 9.17) is 10.2 Å². The standard InChI is InChI=1S/C10H20N2O4/c1-4-12(5-6-13)10(16)11-8(7(2)3)9(14)15/h7-8,13H,4-6H2,1-3H3,(H,11,16)(H,14,15)/t8-/m1/s1.